The average Bonchev–Trinajstić information content (AvgIpc) is 2.80. The Balaban J connectivity index is 1.33. The zero-order chi connectivity index (χ0) is 21.8. The van der Waals surface area contributed by atoms with Crippen LogP contribution in [0.3, 0.4) is 0 Å². The van der Waals surface area contributed by atoms with Crippen molar-refractivity contribution >= 4 is 23.4 Å². The minimum atomic E-state index is -0.619. The van der Waals surface area contributed by atoms with Gasteiger partial charge in [-0.25, -0.2) is 4.39 Å². The van der Waals surface area contributed by atoms with E-state index in [-0.39, 0.29) is 22.5 Å². The standard InChI is InChI=1S/C25H22ClFN2O2/c26-21-7-4-8-22(27)23(21)25(31)29-15-13-20(14-16-29)28-24(30)19-11-9-18(10-12-19)17-5-2-1-3-6-17/h1-12,20H,13-16H2,(H,28,30). The molecule has 4 rings (SSSR count). The number of likely N-dealkylation sites (tertiary alicyclic amines) is 1. The van der Waals surface area contributed by atoms with Gasteiger partial charge in [0.1, 0.15) is 5.82 Å². The lowest BCUT2D eigenvalue weighted by molar-refractivity contribution is 0.0694. The summed E-state index contributed by atoms with van der Waals surface area (Å²) in [5, 5.41) is 3.15. The summed E-state index contributed by atoms with van der Waals surface area (Å²) in [5.74, 6) is -1.17. The monoisotopic (exact) mass is 436 g/mol. The maximum Gasteiger partial charge on any atom is 0.258 e. The Bertz CT molecular complexity index is 1060. The van der Waals surface area contributed by atoms with E-state index in [9.17, 15) is 14.0 Å². The normalized spacial score (nSPS) is 14.3. The summed E-state index contributed by atoms with van der Waals surface area (Å²) >= 11 is 6.01. The van der Waals surface area contributed by atoms with Crippen LogP contribution >= 0.6 is 11.6 Å². The number of amides is 2. The molecule has 4 nitrogen and oxygen atoms in total. The summed E-state index contributed by atoms with van der Waals surface area (Å²) in [5.41, 5.74) is 2.65. The van der Waals surface area contributed by atoms with E-state index < -0.39 is 11.7 Å². The zero-order valence-corrected chi connectivity index (χ0v) is 17.6. The van der Waals surface area contributed by atoms with E-state index >= 15 is 0 Å². The Morgan fingerprint density at radius 1 is 0.871 bits per heavy atom. The van der Waals surface area contributed by atoms with Gasteiger partial charge < -0.3 is 10.2 Å². The molecule has 0 aromatic heterocycles. The topological polar surface area (TPSA) is 49.4 Å². The third-order valence-corrected chi connectivity index (χ3v) is 5.86. The zero-order valence-electron chi connectivity index (χ0n) is 16.9. The lowest BCUT2D eigenvalue weighted by Crippen LogP contribution is -2.46. The van der Waals surface area contributed by atoms with E-state index in [1.165, 1.54) is 18.2 Å². The first-order chi connectivity index (χ1) is 15.0. The van der Waals surface area contributed by atoms with Crippen LogP contribution in [-0.4, -0.2) is 35.8 Å². The molecule has 6 heteroatoms. The molecule has 3 aromatic rings. The van der Waals surface area contributed by atoms with E-state index in [0.29, 0.717) is 31.5 Å². The fourth-order valence-electron chi connectivity index (χ4n) is 3.80. The SMILES string of the molecule is O=C(NC1CCN(C(=O)c2c(F)cccc2Cl)CC1)c1ccc(-c2ccccc2)cc1. The molecule has 0 aliphatic carbocycles. The largest absolute Gasteiger partial charge is 0.349 e. The van der Waals surface area contributed by atoms with Gasteiger partial charge in [-0.1, -0.05) is 60.1 Å². The van der Waals surface area contributed by atoms with Gasteiger partial charge in [0.25, 0.3) is 11.8 Å². The summed E-state index contributed by atoms with van der Waals surface area (Å²) in [4.78, 5) is 26.9. The first-order valence-electron chi connectivity index (χ1n) is 10.2. The maximum atomic E-state index is 14.0. The van der Waals surface area contributed by atoms with Crippen LogP contribution < -0.4 is 5.32 Å². The molecule has 31 heavy (non-hydrogen) atoms. The Kier molecular flexibility index (Phi) is 6.33. The van der Waals surface area contributed by atoms with Gasteiger partial charge in [0.15, 0.2) is 0 Å². The molecule has 1 aliphatic rings. The second-order valence-corrected chi connectivity index (χ2v) is 7.99. The summed E-state index contributed by atoms with van der Waals surface area (Å²) in [6, 6.07) is 21.7. The van der Waals surface area contributed by atoms with Crippen LogP contribution in [0.15, 0.2) is 72.8 Å². The molecule has 3 aromatic carbocycles. The van der Waals surface area contributed by atoms with Gasteiger partial charge in [-0.2, -0.15) is 0 Å². The van der Waals surface area contributed by atoms with Crippen molar-refractivity contribution in [2.24, 2.45) is 0 Å². The number of carbonyl (C=O) groups excluding carboxylic acids is 2. The second-order valence-electron chi connectivity index (χ2n) is 7.58. The van der Waals surface area contributed by atoms with Crippen LogP contribution in [0, 0.1) is 5.82 Å². The van der Waals surface area contributed by atoms with Crippen molar-refractivity contribution in [2.75, 3.05) is 13.1 Å². The van der Waals surface area contributed by atoms with Crippen LogP contribution in [0.2, 0.25) is 5.02 Å². The fourth-order valence-corrected chi connectivity index (χ4v) is 4.04. The number of rotatable bonds is 4. The van der Waals surface area contributed by atoms with Crippen LogP contribution in [0.4, 0.5) is 4.39 Å². The molecule has 1 N–H and O–H groups in total. The van der Waals surface area contributed by atoms with Gasteiger partial charge in [-0.05, 0) is 48.2 Å². The molecular formula is C25H22ClFN2O2. The lowest BCUT2D eigenvalue weighted by atomic mass is 10.0. The third kappa shape index (κ3) is 4.78. The number of carbonyl (C=O) groups is 2. The van der Waals surface area contributed by atoms with Crippen molar-refractivity contribution in [2.45, 2.75) is 18.9 Å². The van der Waals surface area contributed by atoms with Crippen LogP contribution in [0.1, 0.15) is 33.6 Å². The number of nitrogens with zero attached hydrogens (tertiary/aromatic N) is 1. The van der Waals surface area contributed by atoms with Crippen molar-refractivity contribution in [1.82, 2.24) is 10.2 Å². The summed E-state index contributed by atoms with van der Waals surface area (Å²) < 4.78 is 14.0. The number of hydrogen-bond donors (Lipinski definition) is 1. The highest BCUT2D eigenvalue weighted by Gasteiger charge is 2.27. The number of benzene rings is 3. The molecular weight excluding hydrogens is 415 g/mol. The van der Waals surface area contributed by atoms with E-state index in [0.717, 1.165) is 11.1 Å². The van der Waals surface area contributed by atoms with Gasteiger partial charge in [-0.3, -0.25) is 9.59 Å². The molecule has 1 fully saturated rings. The van der Waals surface area contributed by atoms with E-state index in [1.807, 2.05) is 54.6 Å². The maximum absolute atomic E-state index is 14.0. The summed E-state index contributed by atoms with van der Waals surface area (Å²) in [7, 11) is 0. The molecule has 2 amide bonds. The van der Waals surface area contributed by atoms with Gasteiger partial charge in [-0.15, -0.1) is 0 Å². The smallest absolute Gasteiger partial charge is 0.258 e. The molecule has 0 atom stereocenters. The van der Waals surface area contributed by atoms with Crippen molar-refractivity contribution < 1.29 is 14.0 Å². The average molecular weight is 437 g/mol. The third-order valence-electron chi connectivity index (χ3n) is 5.55. The molecule has 1 saturated heterocycles. The molecule has 158 valence electrons. The highest BCUT2D eigenvalue weighted by Crippen LogP contribution is 2.23. The van der Waals surface area contributed by atoms with Crippen molar-refractivity contribution in [3.8, 4) is 11.1 Å². The molecule has 0 radical (unpaired) electrons. The van der Waals surface area contributed by atoms with E-state index in [1.54, 1.807) is 4.90 Å². The highest BCUT2D eigenvalue weighted by atomic mass is 35.5. The van der Waals surface area contributed by atoms with Crippen molar-refractivity contribution in [3.63, 3.8) is 0 Å². The van der Waals surface area contributed by atoms with Gasteiger partial charge in [0, 0.05) is 24.7 Å². The number of nitrogens with one attached hydrogen (secondary N) is 1. The minimum absolute atomic E-state index is 0.0403. The Labute approximate surface area is 185 Å². The molecule has 0 bridgehead atoms. The molecule has 0 spiro atoms. The molecule has 1 aliphatic heterocycles. The predicted molar refractivity (Wildman–Crippen MR) is 120 cm³/mol. The lowest BCUT2D eigenvalue weighted by Gasteiger charge is -2.32. The Hall–Kier alpha value is -3.18. The first kappa shape index (κ1) is 21.1. The molecule has 0 saturated carbocycles. The second kappa shape index (κ2) is 9.31. The van der Waals surface area contributed by atoms with Gasteiger partial charge >= 0.3 is 0 Å². The Morgan fingerprint density at radius 3 is 2.16 bits per heavy atom. The first-order valence-corrected chi connectivity index (χ1v) is 10.6. The van der Waals surface area contributed by atoms with Crippen molar-refractivity contribution in [3.05, 3.63) is 94.8 Å². The van der Waals surface area contributed by atoms with Crippen LogP contribution in [-0.2, 0) is 0 Å². The summed E-state index contributed by atoms with van der Waals surface area (Å²) in [6.45, 7) is 0.864. The summed E-state index contributed by atoms with van der Waals surface area (Å²) in [6.07, 6.45) is 1.21. The van der Waals surface area contributed by atoms with Gasteiger partial charge in [0.05, 0.1) is 10.6 Å². The fraction of sp³-hybridized carbons (Fsp3) is 0.200. The minimum Gasteiger partial charge on any atom is -0.349 e. The molecule has 1 heterocycles. The van der Waals surface area contributed by atoms with Crippen molar-refractivity contribution in [1.29, 1.82) is 0 Å². The van der Waals surface area contributed by atoms with Crippen LogP contribution in [0.5, 0.6) is 0 Å². The predicted octanol–water partition coefficient (Wildman–Crippen LogP) is 5.18. The number of hydrogen-bond acceptors (Lipinski definition) is 2. The molecule has 0 unspecified atom stereocenters. The van der Waals surface area contributed by atoms with Gasteiger partial charge in [0.2, 0.25) is 0 Å². The van der Waals surface area contributed by atoms with Crippen LogP contribution in [0.25, 0.3) is 11.1 Å². The number of halogens is 2. The van der Waals surface area contributed by atoms with E-state index in [4.69, 9.17) is 11.6 Å². The van der Waals surface area contributed by atoms with E-state index in [2.05, 4.69) is 5.32 Å². The quantitative estimate of drug-likeness (QED) is 0.612. The highest BCUT2D eigenvalue weighted by molar-refractivity contribution is 6.33. The Morgan fingerprint density at radius 2 is 1.52 bits per heavy atom. The number of piperidine rings is 1.